The fraction of sp³-hybridized carbons (Fsp3) is 0.545. The predicted molar refractivity (Wildman–Crippen MR) is 65.1 cm³/mol. The van der Waals surface area contributed by atoms with Gasteiger partial charge in [-0.25, -0.2) is 0 Å². The van der Waals surface area contributed by atoms with Gasteiger partial charge < -0.3 is 5.32 Å². The zero-order chi connectivity index (χ0) is 10.2. The van der Waals surface area contributed by atoms with Gasteiger partial charge in [0.05, 0.1) is 0 Å². The summed E-state index contributed by atoms with van der Waals surface area (Å²) in [5.74, 6) is 1.26. The first-order chi connectivity index (χ1) is 6.83. The first-order valence-corrected chi connectivity index (χ1v) is 6.38. The molecule has 1 N–H and O–H groups in total. The van der Waals surface area contributed by atoms with Crippen LogP contribution in [0.3, 0.4) is 0 Å². The molecule has 0 saturated carbocycles. The van der Waals surface area contributed by atoms with Crippen LogP contribution in [0, 0.1) is 6.92 Å². The van der Waals surface area contributed by atoms with E-state index >= 15 is 0 Å². The Hall–Kier alpha value is -0.700. The van der Waals surface area contributed by atoms with E-state index in [0.29, 0.717) is 0 Å². The Morgan fingerprint density at radius 3 is 3.00 bits per heavy atom. The van der Waals surface area contributed by atoms with Gasteiger partial charge in [-0.1, -0.05) is 0 Å². The van der Waals surface area contributed by atoms with Crippen molar-refractivity contribution >= 4 is 17.4 Å². The van der Waals surface area contributed by atoms with E-state index in [1.165, 1.54) is 24.3 Å². The third-order valence-electron chi connectivity index (χ3n) is 2.00. The molecule has 1 aromatic rings. The van der Waals surface area contributed by atoms with Gasteiger partial charge >= 0.3 is 0 Å². The van der Waals surface area contributed by atoms with Crippen molar-refractivity contribution in [2.45, 2.75) is 19.8 Å². The molecule has 0 aromatic carbocycles. The lowest BCUT2D eigenvalue weighted by Crippen LogP contribution is -2.02. The lowest BCUT2D eigenvalue weighted by atomic mass is 10.3. The quantitative estimate of drug-likeness (QED) is 0.731. The van der Waals surface area contributed by atoms with Crippen LogP contribution in [0.4, 0.5) is 5.69 Å². The van der Waals surface area contributed by atoms with E-state index < -0.39 is 0 Å². The van der Waals surface area contributed by atoms with Crippen molar-refractivity contribution in [3.63, 3.8) is 0 Å². The predicted octanol–water partition coefficient (Wildman–Crippen LogP) is 2.95. The number of thioether (sulfide) groups is 1. The summed E-state index contributed by atoms with van der Waals surface area (Å²) >= 11 is 1.91. The van der Waals surface area contributed by atoms with Gasteiger partial charge in [0.2, 0.25) is 0 Å². The summed E-state index contributed by atoms with van der Waals surface area (Å²) < 4.78 is 0. The van der Waals surface area contributed by atoms with Crippen molar-refractivity contribution in [2.24, 2.45) is 0 Å². The molecule has 0 saturated heterocycles. The molecule has 1 aromatic heterocycles. The first-order valence-electron chi connectivity index (χ1n) is 4.98. The monoisotopic (exact) mass is 210 g/mol. The Labute approximate surface area is 90.5 Å². The van der Waals surface area contributed by atoms with Crippen LogP contribution in [0.1, 0.15) is 18.5 Å². The second-order valence-corrected chi connectivity index (χ2v) is 4.30. The summed E-state index contributed by atoms with van der Waals surface area (Å²) in [7, 11) is 0. The number of hydrogen-bond acceptors (Lipinski definition) is 3. The number of pyridine rings is 1. The number of hydrogen-bond donors (Lipinski definition) is 1. The molecule has 0 radical (unpaired) electrons. The van der Waals surface area contributed by atoms with Crippen molar-refractivity contribution in [2.75, 3.05) is 23.9 Å². The van der Waals surface area contributed by atoms with Gasteiger partial charge in [0.25, 0.3) is 0 Å². The Balaban J connectivity index is 2.18. The second kappa shape index (κ2) is 6.71. The van der Waals surface area contributed by atoms with Crippen molar-refractivity contribution in [3.05, 3.63) is 24.0 Å². The van der Waals surface area contributed by atoms with Crippen LogP contribution < -0.4 is 5.32 Å². The fourth-order valence-corrected chi connectivity index (χ4v) is 1.75. The molecule has 0 aliphatic heterocycles. The maximum Gasteiger partial charge on any atom is 0.0393 e. The fourth-order valence-electron chi connectivity index (χ4n) is 1.26. The van der Waals surface area contributed by atoms with E-state index in [2.05, 4.69) is 22.6 Å². The molecule has 0 aliphatic carbocycles. The van der Waals surface area contributed by atoms with E-state index in [-0.39, 0.29) is 0 Å². The van der Waals surface area contributed by atoms with Gasteiger partial charge in [0.15, 0.2) is 0 Å². The van der Waals surface area contributed by atoms with Gasteiger partial charge in [-0.2, -0.15) is 11.8 Å². The van der Waals surface area contributed by atoms with E-state index in [4.69, 9.17) is 0 Å². The SMILES string of the molecule is CSCCCCNc1ccnc(C)c1. The van der Waals surface area contributed by atoms with Gasteiger partial charge in [0, 0.05) is 24.1 Å². The largest absolute Gasteiger partial charge is 0.385 e. The summed E-state index contributed by atoms with van der Waals surface area (Å²) in [6.45, 7) is 3.07. The number of anilines is 1. The Morgan fingerprint density at radius 1 is 1.43 bits per heavy atom. The van der Waals surface area contributed by atoms with Crippen molar-refractivity contribution in [1.29, 1.82) is 0 Å². The zero-order valence-corrected chi connectivity index (χ0v) is 9.73. The van der Waals surface area contributed by atoms with Crippen LogP contribution in [-0.4, -0.2) is 23.5 Å². The van der Waals surface area contributed by atoms with Crippen molar-refractivity contribution in [1.82, 2.24) is 4.98 Å². The van der Waals surface area contributed by atoms with Crippen LogP contribution >= 0.6 is 11.8 Å². The summed E-state index contributed by atoms with van der Waals surface area (Å²) in [4.78, 5) is 4.15. The lowest BCUT2D eigenvalue weighted by molar-refractivity contribution is 0.843. The van der Waals surface area contributed by atoms with E-state index in [1.54, 1.807) is 0 Å². The number of nitrogens with zero attached hydrogens (tertiary/aromatic N) is 1. The van der Waals surface area contributed by atoms with Crippen LogP contribution in [0.25, 0.3) is 0 Å². The third-order valence-corrected chi connectivity index (χ3v) is 2.70. The molecular formula is C11H18N2S. The second-order valence-electron chi connectivity index (χ2n) is 3.31. The summed E-state index contributed by atoms with van der Waals surface area (Å²) in [6, 6.07) is 4.09. The van der Waals surface area contributed by atoms with Crippen LogP contribution in [0.15, 0.2) is 18.3 Å². The van der Waals surface area contributed by atoms with E-state index in [9.17, 15) is 0 Å². The molecule has 78 valence electrons. The van der Waals surface area contributed by atoms with Crippen LogP contribution in [-0.2, 0) is 0 Å². The molecular weight excluding hydrogens is 192 g/mol. The average molecular weight is 210 g/mol. The zero-order valence-electron chi connectivity index (χ0n) is 8.92. The number of aryl methyl sites for hydroxylation is 1. The number of aromatic nitrogens is 1. The minimum absolute atomic E-state index is 1.06. The maximum absolute atomic E-state index is 4.15. The van der Waals surface area contributed by atoms with Crippen molar-refractivity contribution in [3.8, 4) is 0 Å². The highest BCUT2D eigenvalue weighted by Crippen LogP contribution is 2.07. The third kappa shape index (κ3) is 4.51. The topological polar surface area (TPSA) is 24.9 Å². The minimum Gasteiger partial charge on any atom is -0.385 e. The normalized spacial score (nSPS) is 10.1. The smallest absolute Gasteiger partial charge is 0.0393 e. The van der Waals surface area contributed by atoms with Gasteiger partial charge in [0.1, 0.15) is 0 Å². The number of rotatable bonds is 6. The standard InChI is InChI=1S/C11H18N2S/c1-10-9-11(5-7-12-10)13-6-3-4-8-14-2/h5,7,9H,3-4,6,8H2,1-2H3,(H,12,13). The molecule has 0 spiro atoms. The highest BCUT2D eigenvalue weighted by Gasteiger charge is 1.92. The van der Waals surface area contributed by atoms with Gasteiger partial charge in [-0.3, -0.25) is 4.98 Å². The molecule has 1 rings (SSSR count). The molecule has 2 nitrogen and oxygen atoms in total. The molecule has 0 atom stereocenters. The molecule has 3 heteroatoms. The lowest BCUT2D eigenvalue weighted by Gasteiger charge is -2.05. The molecule has 14 heavy (non-hydrogen) atoms. The number of unbranched alkanes of at least 4 members (excludes halogenated alkanes) is 1. The summed E-state index contributed by atoms with van der Waals surface area (Å²) in [5.41, 5.74) is 2.25. The molecule has 0 fully saturated rings. The maximum atomic E-state index is 4.15. The van der Waals surface area contributed by atoms with Gasteiger partial charge in [-0.15, -0.1) is 0 Å². The van der Waals surface area contributed by atoms with Gasteiger partial charge in [-0.05, 0) is 43.9 Å². The summed E-state index contributed by atoms with van der Waals surface area (Å²) in [6.07, 6.45) is 6.53. The van der Waals surface area contributed by atoms with Crippen LogP contribution in [0.2, 0.25) is 0 Å². The number of nitrogens with one attached hydrogen (secondary N) is 1. The average Bonchev–Trinajstić information content (AvgIpc) is 2.18. The molecule has 0 bridgehead atoms. The summed E-state index contributed by atoms with van der Waals surface area (Å²) in [5, 5.41) is 3.40. The highest BCUT2D eigenvalue weighted by molar-refractivity contribution is 7.98. The molecule has 0 unspecified atom stereocenters. The van der Waals surface area contributed by atoms with E-state index in [0.717, 1.165) is 12.2 Å². The molecule has 1 heterocycles. The molecule has 0 amide bonds. The van der Waals surface area contributed by atoms with Crippen molar-refractivity contribution < 1.29 is 0 Å². The Kier molecular flexibility index (Phi) is 5.45. The first kappa shape index (κ1) is 11.4. The van der Waals surface area contributed by atoms with Crippen LogP contribution in [0.5, 0.6) is 0 Å². The van der Waals surface area contributed by atoms with E-state index in [1.807, 2.05) is 30.9 Å². The highest BCUT2D eigenvalue weighted by atomic mass is 32.2. The minimum atomic E-state index is 1.06. The molecule has 0 aliphatic rings. The Bertz CT molecular complexity index is 263. The Morgan fingerprint density at radius 2 is 2.29 bits per heavy atom.